The van der Waals surface area contributed by atoms with E-state index in [1.807, 2.05) is 65.5 Å². The maximum absolute atomic E-state index is 11.8. The Labute approximate surface area is 150 Å². The molecule has 0 unspecified atom stereocenters. The summed E-state index contributed by atoms with van der Waals surface area (Å²) >= 11 is 0. The van der Waals surface area contributed by atoms with Gasteiger partial charge in [0.2, 0.25) is 5.91 Å². The topological polar surface area (TPSA) is 85.8 Å². The normalized spacial score (nSPS) is 10.8. The molecule has 0 aliphatic rings. The van der Waals surface area contributed by atoms with Gasteiger partial charge >= 0.3 is 0 Å². The van der Waals surface area contributed by atoms with Crippen molar-refractivity contribution in [2.75, 3.05) is 5.32 Å². The zero-order chi connectivity index (χ0) is 17.9. The van der Waals surface area contributed by atoms with Gasteiger partial charge < -0.3 is 11.1 Å². The molecule has 0 aliphatic heterocycles. The van der Waals surface area contributed by atoms with Crippen molar-refractivity contribution in [2.45, 2.75) is 6.54 Å². The molecule has 3 N–H and O–H groups in total. The molecule has 4 rings (SSSR count). The average molecular weight is 343 g/mol. The van der Waals surface area contributed by atoms with Gasteiger partial charge in [0.05, 0.1) is 23.0 Å². The van der Waals surface area contributed by atoms with E-state index >= 15 is 0 Å². The van der Waals surface area contributed by atoms with Crippen molar-refractivity contribution >= 4 is 22.6 Å². The Morgan fingerprint density at radius 2 is 1.85 bits per heavy atom. The highest BCUT2D eigenvalue weighted by molar-refractivity contribution is 6.06. The van der Waals surface area contributed by atoms with Gasteiger partial charge in [-0.15, -0.1) is 0 Å². The van der Waals surface area contributed by atoms with Gasteiger partial charge in [0.15, 0.2) is 0 Å². The molecule has 0 aliphatic carbocycles. The van der Waals surface area contributed by atoms with E-state index < -0.39 is 5.91 Å². The Kier molecular flexibility index (Phi) is 4.07. The van der Waals surface area contributed by atoms with Crippen LogP contribution in [0.2, 0.25) is 0 Å². The van der Waals surface area contributed by atoms with Crippen LogP contribution in [0.15, 0.2) is 73.1 Å². The zero-order valence-electron chi connectivity index (χ0n) is 14.0. The molecule has 2 aromatic carbocycles. The predicted octanol–water partition coefficient (Wildman–Crippen LogP) is 3.13. The van der Waals surface area contributed by atoms with Crippen LogP contribution in [0, 0.1) is 0 Å². The van der Waals surface area contributed by atoms with E-state index in [0.717, 1.165) is 22.2 Å². The van der Waals surface area contributed by atoms with E-state index in [1.165, 1.54) is 0 Å². The van der Waals surface area contributed by atoms with Gasteiger partial charge in [-0.05, 0) is 24.3 Å². The van der Waals surface area contributed by atoms with Crippen LogP contribution in [0.4, 0.5) is 5.82 Å². The van der Waals surface area contributed by atoms with Crippen LogP contribution in [0.3, 0.4) is 0 Å². The maximum Gasteiger partial charge on any atom is 0.249 e. The first-order valence-corrected chi connectivity index (χ1v) is 8.23. The number of pyridine rings is 1. The van der Waals surface area contributed by atoms with Crippen molar-refractivity contribution in [3.63, 3.8) is 0 Å². The third kappa shape index (κ3) is 3.12. The lowest BCUT2D eigenvalue weighted by molar-refractivity contribution is 0.100. The number of fused-ring (bicyclic) bond motifs is 1. The highest BCUT2D eigenvalue weighted by Crippen LogP contribution is 2.21. The van der Waals surface area contributed by atoms with E-state index in [2.05, 4.69) is 15.4 Å². The molecular formula is C20H17N5O. The number of nitrogens with one attached hydrogen (secondary N) is 1. The molecule has 2 heterocycles. The largest absolute Gasteiger partial charge is 0.366 e. The minimum Gasteiger partial charge on any atom is -0.366 e. The molecule has 0 radical (unpaired) electrons. The molecule has 128 valence electrons. The number of anilines is 1. The third-order valence-electron chi connectivity index (χ3n) is 4.11. The fraction of sp³-hybridized carbons (Fsp3) is 0.0500. The first kappa shape index (κ1) is 15.8. The molecule has 1 amide bonds. The Morgan fingerprint density at radius 1 is 1.08 bits per heavy atom. The van der Waals surface area contributed by atoms with Crippen molar-refractivity contribution < 1.29 is 4.79 Å². The lowest BCUT2D eigenvalue weighted by Gasteiger charge is -2.08. The van der Waals surface area contributed by atoms with Gasteiger partial charge in [-0.1, -0.05) is 36.4 Å². The molecule has 0 fully saturated rings. The van der Waals surface area contributed by atoms with Crippen molar-refractivity contribution in [2.24, 2.45) is 5.73 Å². The Balaban J connectivity index is 1.57. The highest BCUT2D eigenvalue weighted by atomic mass is 16.1. The van der Waals surface area contributed by atoms with Crippen LogP contribution in [0.5, 0.6) is 0 Å². The van der Waals surface area contributed by atoms with Crippen molar-refractivity contribution in [3.8, 4) is 5.69 Å². The number of benzene rings is 2. The minimum absolute atomic E-state index is 0.457. The summed E-state index contributed by atoms with van der Waals surface area (Å²) in [6.45, 7) is 0.538. The molecule has 2 aromatic heterocycles. The van der Waals surface area contributed by atoms with Crippen molar-refractivity contribution in [1.82, 2.24) is 14.8 Å². The number of rotatable bonds is 5. The second-order valence-electron chi connectivity index (χ2n) is 5.92. The van der Waals surface area contributed by atoms with Gasteiger partial charge in [0, 0.05) is 23.7 Å². The van der Waals surface area contributed by atoms with E-state index in [9.17, 15) is 4.79 Å². The summed E-state index contributed by atoms with van der Waals surface area (Å²) in [7, 11) is 0. The summed E-state index contributed by atoms with van der Waals surface area (Å²) in [5, 5.41) is 8.37. The van der Waals surface area contributed by atoms with Gasteiger partial charge in [0.25, 0.3) is 0 Å². The van der Waals surface area contributed by atoms with Crippen LogP contribution in [-0.2, 0) is 6.54 Å². The van der Waals surface area contributed by atoms with Gasteiger partial charge in [-0.2, -0.15) is 5.10 Å². The monoisotopic (exact) mass is 343 g/mol. The molecule has 6 heteroatoms. The molecule has 0 spiro atoms. The van der Waals surface area contributed by atoms with E-state index in [4.69, 9.17) is 5.73 Å². The number of amides is 1. The number of primary amides is 1. The van der Waals surface area contributed by atoms with Crippen molar-refractivity contribution in [1.29, 1.82) is 0 Å². The predicted molar refractivity (Wildman–Crippen MR) is 101 cm³/mol. The molecular weight excluding hydrogens is 326 g/mol. The van der Waals surface area contributed by atoms with Gasteiger partial charge in [-0.25, -0.2) is 9.67 Å². The minimum atomic E-state index is -0.469. The molecule has 0 saturated heterocycles. The van der Waals surface area contributed by atoms with Crippen molar-refractivity contribution in [3.05, 3.63) is 84.2 Å². The van der Waals surface area contributed by atoms with Crippen LogP contribution in [0.25, 0.3) is 16.6 Å². The second kappa shape index (κ2) is 6.68. The molecule has 0 atom stereocenters. The number of hydrogen-bond acceptors (Lipinski definition) is 4. The SMILES string of the molecule is NC(=O)c1cc(NCc2cnn(-c3ccccc3)c2)nc2ccccc12. The Bertz CT molecular complexity index is 1070. The fourth-order valence-corrected chi connectivity index (χ4v) is 2.84. The molecule has 4 aromatic rings. The zero-order valence-corrected chi connectivity index (χ0v) is 14.0. The standard InChI is InChI=1S/C20H17N5O/c21-20(26)17-10-19(24-18-9-5-4-8-16(17)18)22-11-14-12-23-25(13-14)15-6-2-1-3-7-15/h1-10,12-13H,11H2,(H2,21,26)(H,22,24). The summed E-state index contributed by atoms with van der Waals surface area (Å²) in [5.41, 5.74) is 8.70. The highest BCUT2D eigenvalue weighted by Gasteiger charge is 2.10. The van der Waals surface area contributed by atoms with Crippen LogP contribution < -0.4 is 11.1 Å². The number of hydrogen-bond donors (Lipinski definition) is 2. The number of aromatic nitrogens is 3. The first-order valence-electron chi connectivity index (χ1n) is 8.23. The van der Waals surface area contributed by atoms with E-state index in [-0.39, 0.29) is 0 Å². The summed E-state index contributed by atoms with van der Waals surface area (Å²) in [4.78, 5) is 16.3. The smallest absolute Gasteiger partial charge is 0.249 e. The number of nitrogens with zero attached hydrogens (tertiary/aromatic N) is 3. The molecule has 0 bridgehead atoms. The number of para-hydroxylation sites is 2. The quantitative estimate of drug-likeness (QED) is 0.583. The van der Waals surface area contributed by atoms with Crippen LogP contribution in [-0.4, -0.2) is 20.7 Å². The molecule has 0 saturated carbocycles. The van der Waals surface area contributed by atoms with E-state index in [1.54, 1.807) is 12.3 Å². The Morgan fingerprint density at radius 3 is 2.65 bits per heavy atom. The summed E-state index contributed by atoms with van der Waals surface area (Å²) in [6, 6.07) is 19.0. The molecule has 26 heavy (non-hydrogen) atoms. The van der Waals surface area contributed by atoms with Gasteiger partial charge in [0.1, 0.15) is 5.82 Å². The lowest BCUT2D eigenvalue weighted by atomic mass is 10.1. The second-order valence-corrected chi connectivity index (χ2v) is 5.92. The summed E-state index contributed by atoms with van der Waals surface area (Å²) in [6.07, 6.45) is 3.76. The number of nitrogens with two attached hydrogens (primary N) is 1. The third-order valence-corrected chi connectivity index (χ3v) is 4.11. The summed E-state index contributed by atoms with van der Waals surface area (Å²) in [5.74, 6) is 0.133. The molecule has 6 nitrogen and oxygen atoms in total. The lowest BCUT2D eigenvalue weighted by Crippen LogP contribution is -2.13. The summed E-state index contributed by atoms with van der Waals surface area (Å²) < 4.78 is 1.82. The number of carbonyl (C=O) groups is 1. The van der Waals surface area contributed by atoms with Gasteiger partial charge in [-0.3, -0.25) is 4.79 Å². The maximum atomic E-state index is 11.8. The average Bonchev–Trinajstić information content (AvgIpc) is 3.15. The van der Waals surface area contributed by atoms with Crippen LogP contribution >= 0.6 is 0 Å². The number of carbonyl (C=O) groups excluding carboxylic acids is 1. The fourth-order valence-electron chi connectivity index (χ4n) is 2.84. The Hall–Kier alpha value is -3.67. The first-order chi connectivity index (χ1) is 12.7. The van der Waals surface area contributed by atoms with E-state index in [0.29, 0.717) is 17.9 Å². The van der Waals surface area contributed by atoms with Crippen LogP contribution in [0.1, 0.15) is 15.9 Å².